The largest absolute Gasteiger partial charge is 0.451 e. The van der Waals surface area contributed by atoms with Crippen LogP contribution in [0.3, 0.4) is 0 Å². The van der Waals surface area contributed by atoms with E-state index >= 15 is 0 Å². The Morgan fingerprint density at radius 2 is 1.69 bits per heavy atom. The number of nitrogens with two attached hydrogens (primary N) is 1. The van der Waals surface area contributed by atoms with Crippen molar-refractivity contribution < 1.29 is 27.5 Å². The SMILES string of the molecule is CCN(CC)S(=O)(=O)c1ccc(C(=O)NCC(=O)O[C@@H](C)C(N)=O)cc1. The number of ether oxygens (including phenoxy) is 1. The third kappa shape index (κ3) is 5.53. The molecule has 0 spiro atoms. The van der Waals surface area contributed by atoms with Crippen LogP contribution in [0.4, 0.5) is 0 Å². The van der Waals surface area contributed by atoms with E-state index in [0.717, 1.165) is 0 Å². The fourth-order valence-electron chi connectivity index (χ4n) is 2.04. The van der Waals surface area contributed by atoms with E-state index in [4.69, 9.17) is 10.5 Å². The van der Waals surface area contributed by atoms with Crippen LogP contribution >= 0.6 is 0 Å². The van der Waals surface area contributed by atoms with E-state index in [-0.39, 0.29) is 10.5 Å². The number of nitrogens with zero attached hydrogens (tertiary/aromatic N) is 1. The van der Waals surface area contributed by atoms with E-state index in [1.807, 2.05) is 0 Å². The van der Waals surface area contributed by atoms with Gasteiger partial charge in [0, 0.05) is 18.7 Å². The van der Waals surface area contributed by atoms with Gasteiger partial charge in [0.05, 0.1) is 4.90 Å². The number of carbonyl (C=O) groups is 3. The molecule has 2 amide bonds. The first-order valence-electron chi connectivity index (χ1n) is 8.00. The van der Waals surface area contributed by atoms with Gasteiger partial charge in [0.25, 0.3) is 11.8 Å². The predicted molar refractivity (Wildman–Crippen MR) is 93.6 cm³/mol. The number of hydrogen-bond donors (Lipinski definition) is 2. The summed E-state index contributed by atoms with van der Waals surface area (Å²) in [7, 11) is -3.61. The number of amides is 2. The fraction of sp³-hybridized carbons (Fsp3) is 0.438. The molecule has 0 aromatic heterocycles. The molecule has 0 aliphatic rings. The Kier molecular flexibility index (Phi) is 7.72. The van der Waals surface area contributed by atoms with Gasteiger partial charge >= 0.3 is 5.97 Å². The van der Waals surface area contributed by atoms with Crippen molar-refractivity contribution in [2.45, 2.75) is 31.8 Å². The second-order valence-electron chi connectivity index (χ2n) is 5.33. The van der Waals surface area contributed by atoms with Gasteiger partial charge in [-0.1, -0.05) is 13.8 Å². The van der Waals surface area contributed by atoms with E-state index < -0.39 is 40.5 Å². The highest BCUT2D eigenvalue weighted by atomic mass is 32.2. The predicted octanol–water partition coefficient (Wildman–Crippen LogP) is -0.136. The monoisotopic (exact) mass is 385 g/mol. The first kappa shape index (κ1) is 21.6. The molecule has 0 aliphatic carbocycles. The lowest BCUT2D eigenvalue weighted by Gasteiger charge is -2.18. The first-order chi connectivity index (χ1) is 12.1. The number of sulfonamides is 1. The van der Waals surface area contributed by atoms with Gasteiger partial charge in [-0.25, -0.2) is 8.42 Å². The molecule has 1 aromatic carbocycles. The van der Waals surface area contributed by atoms with Crippen LogP contribution in [-0.4, -0.2) is 56.2 Å². The van der Waals surface area contributed by atoms with Crippen LogP contribution in [0, 0.1) is 0 Å². The van der Waals surface area contributed by atoms with Crippen LogP contribution in [0.25, 0.3) is 0 Å². The number of hydrogen-bond acceptors (Lipinski definition) is 6. The molecular weight excluding hydrogens is 362 g/mol. The molecule has 0 unspecified atom stereocenters. The average Bonchev–Trinajstić information content (AvgIpc) is 2.60. The van der Waals surface area contributed by atoms with Crippen molar-refractivity contribution in [2.24, 2.45) is 5.73 Å². The molecule has 0 radical (unpaired) electrons. The molecule has 144 valence electrons. The number of esters is 1. The summed E-state index contributed by atoms with van der Waals surface area (Å²) in [6.45, 7) is 5.02. The summed E-state index contributed by atoms with van der Waals surface area (Å²) in [6.07, 6.45) is -1.09. The van der Waals surface area contributed by atoms with E-state index in [1.165, 1.54) is 35.5 Å². The van der Waals surface area contributed by atoms with E-state index in [0.29, 0.717) is 13.1 Å². The normalized spacial score (nSPS) is 12.5. The van der Waals surface area contributed by atoms with E-state index in [1.54, 1.807) is 13.8 Å². The minimum Gasteiger partial charge on any atom is -0.451 e. The summed E-state index contributed by atoms with van der Waals surface area (Å²) in [6, 6.07) is 5.36. The quantitative estimate of drug-likeness (QED) is 0.568. The molecule has 0 aliphatic heterocycles. The molecule has 9 nitrogen and oxygen atoms in total. The molecule has 1 atom stereocenters. The molecule has 0 fully saturated rings. The van der Waals surface area contributed by atoms with Crippen molar-refractivity contribution in [1.82, 2.24) is 9.62 Å². The molecule has 1 rings (SSSR count). The average molecular weight is 385 g/mol. The second-order valence-corrected chi connectivity index (χ2v) is 7.27. The molecule has 0 saturated heterocycles. The van der Waals surface area contributed by atoms with E-state index in [9.17, 15) is 22.8 Å². The van der Waals surface area contributed by atoms with Gasteiger partial charge in [-0.3, -0.25) is 14.4 Å². The topological polar surface area (TPSA) is 136 Å². The van der Waals surface area contributed by atoms with Gasteiger partial charge in [0.1, 0.15) is 6.54 Å². The maximum absolute atomic E-state index is 12.4. The second kappa shape index (κ2) is 9.30. The molecular formula is C16H23N3O6S. The van der Waals surface area contributed by atoms with E-state index in [2.05, 4.69) is 5.32 Å². The molecule has 0 heterocycles. The number of primary amides is 1. The smallest absolute Gasteiger partial charge is 0.326 e. The summed E-state index contributed by atoms with van der Waals surface area (Å²) in [4.78, 5) is 34.4. The van der Waals surface area contributed by atoms with Crippen LogP contribution in [-0.2, 0) is 24.3 Å². The molecule has 0 saturated carbocycles. The van der Waals surface area contributed by atoms with Crippen molar-refractivity contribution in [2.75, 3.05) is 19.6 Å². The highest BCUT2D eigenvalue weighted by molar-refractivity contribution is 7.89. The third-order valence-corrected chi connectivity index (χ3v) is 5.63. The van der Waals surface area contributed by atoms with Gasteiger partial charge in [0.2, 0.25) is 10.0 Å². The number of rotatable bonds is 9. The van der Waals surface area contributed by atoms with Crippen molar-refractivity contribution >= 4 is 27.8 Å². The van der Waals surface area contributed by atoms with Crippen molar-refractivity contribution in [3.8, 4) is 0 Å². The standard InChI is InChI=1S/C16H23N3O6S/c1-4-19(5-2)26(23,24)13-8-6-12(7-9-13)16(22)18-10-14(20)25-11(3)15(17)21/h6-9,11H,4-5,10H2,1-3H3,(H2,17,21)(H,18,22)/t11-/m0/s1. The van der Waals surface area contributed by atoms with Crippen molar-refractivity contribution in [1.29, 1.82) is 0 Å². The Morgan fingerprint density at radius 3 is 2.15 bits per heavy atom. The van der Waals surface area contributed by atoms with Gasteiger partial charge in [-0.2, -0.15) is 4.31 Å². The summed E-state index contributed by atoms with van der Waals surface area (Å²) in [5.41, 5.74) is 5.15. The van der Waals surface area contributed by atoms with Crippen molar-refractivity contribution in [3.05, 3.63) is 29.8 Å². The highest BCUT2D eigenvalue weighted by Gasteiger charge is 2.22. The maximum atomic E-state index is 12.4. The molecule has 26 heavy (non-hydrogen) atoms. The van der Waals surface area contributed by atoms with Crippen LogP contribution in [0.15, 0.2) is 29.2 Å². The zero-order valence-corrected chi connectivity index (χ0v) is 15.7. The Balaban J connectivity index is 2.73. The highest BCUT2D eigenvalue weighted by Crippen LogP contribution is 2.16. The minimum atomic E-state index is -3.61. The van der Waals surface area contributed by atoms with Gasteiger partial charge in [-0.05, 0) is 31.2 Å². The fourth-order valence-corrected chi connectivity index (χ4v) is 3.50. The zero-order valence-electron chi connectivity index (χ0n) is 14.9. The Hall–Kier alpha value is -2.46. The van der Waals surface area contributed by atoms with Crippen LogP contribution in [0.1, 0.15) is 31.1 Å². The minimum absolute atomic E-state index is 0.0763. The van der Waals surface area contributed by atoms with Gasteiger partial charge in [0.15, 0.2) is 6.10 Å². The van der Waals surface area contributed by atoms with Crippen LogP contribution in [0.2, 0.25) is 0 Å². The summed E-state index contributed by atoms with van der Waals surface area (Å²) in [5.74, 6) is -2.19. The number of benzene rings is 1. The Bertz CT molecular complexity index is 757. The Morgan fingerprint density at radius 1 is 1.15 bits per heavy atom. The van der Waals surface area contributed by atoms with Crippen molar-refractivity contribution in [3.63, 3.8) is 0 Å². The number of nitrogens with one attached hydrogen (secondary N) is 1. The molecule has 1 aromatic rings. The summed E-state index contributed by atoms with van der Waals surface area (Å²) >= 11 is 0. The van der Waals surface area contributed by atoms with Crippen LogP contribution in [0.5, 0.6) is 0 Å². The summed E-state index contributed by atoms with van der Waals surface area (Å²) < 4.78 is 30.8. The summed E-state index contributed by atoms with van der Waals surface area (Å²) in [5, 5.41) is 2.32. The lowest BCUT2D eigenvalue weighted by Crippen LogP contribution is -2.36. The van der Waals surface area contributed by atoms with Gasteiger partial charge in [-0.15, -0.1) is 0 Å². The van der Waals surface area contributed by atoms with Gasteiger partial charge < -0.3 is 15.8 Å². The lowest BCUT2D eigenvalue weighted by atomic mass is 10.2. The third-order valence-electron chi connectivity index (χ3n) is 3.56. The zero-order chi connectivity index (χ0) is 19.9. The Labute approximate surface area is 152 Å². The van der Waals surface area contributed by atoms with Crippen LogP contribution < -0.4 is 11.1 Å². The first-order valence-corrected chi connectivity index (χ1v) is 9.44. The number of carbonyl (C=O) groups excluding carboxylic acids is 3. The molecule has 3 N–H and O–H groups in total. The maximum Gasteiger partial charge on any atom is 0.326 e. The molecule has 10 heteroatoms. The lowest BCUT2D eigenvalue weighted by molar-refractivity contribution is -0.152. The molecule has 0 bridgehead atoms.